The van der Waals surface area contributed by atoms with Crippen LogP contribution in [0.25, 0.3) is 0 Å². The third-order valence-electron chi connectivity index (χ3n) is 8.91. The Balaban J connectivity index is 2.32. The molecule has 0 fully saturated rings. The molecule has 0 aliphatic carbocycles. The van der Waals surface area contributed by atoms with E-state index in [0.29, 0.717) is 49.3 Å². The fourth-order valence-corrected chi connectivity index (χ4v) is 9.61. The summed E-state index contributed by atoms with van der Waals surface area (Å²) >= 11 is 0.676. The van der Waals surface area contributed by atoms with Crippen LogP contribution in [0.3, 0.4) is 0 Å². The van der Waals surface area contributed by atoms with Crippen LogP contribution in [0.4, 0.5) is 0 Å². The van der Waals surface area contributed by atoms with Gasteiger partial charge in [0.15, 0.2) is 6.10 Å². The molecule has 0 amide bonds. The average molecular weight is 710 g/mol. The lowest BCUT2D eigenvalue weighted by Gasteiger charge is -2.38. The van der Waals surface area contributed by atoms with Crippen LogP contribution in [0.5, 0.6) is 0 Å². The predicted octanol–water partition coefficient (Wildman–Crippen LogP) is 3.93. The highest BCUT2D eigenvalue weighted by Crippen LogP contribution is 2.41. The summed E-state index contributed by atoms with van der Waals surface area (Å²) in [5, 5.41) is 3.26. The fraction of sp³-hybridized carbons (Fsp3) is 0.767. The summed E-state index contributed by atoms with van der Waals surface area (Å²) in [5.41, 5.74) is -1.92. The van der Waals surface area contributed by atoms with Gasteiger partial charge >= 0.3 is 11.9 Å². The van der Waals surface area contributed by atoms with Crippen molar-refractivity contribution in [1.82, 2.24) is 9.62 Å². The summed E-state index contributed by atoms with van der Waals surface area (Å²) < 4.78 is 80.4. The van der Waals surface area contributed by atoms with Crippen LogP contribution in [0, 0.1) is 11.8 Å². The molecule has 6 atom stereocenters. The first kappa shape index (κ1) is 40.2. The maximum Gasteiger partial charge on any atom is 0.335 e. The molecule has 0 bridgehead atoms. The molecule has 1 aromatic rings. The Labute approximate surface area is 278 Å². The molecule has 46 heavy (non-hydrogen) atoms. The third-order valence-corrected chi connectivity index (χ3v) is 14.2. The van der Waals surface area contributed by atoms with E-state index in [1.54, 1.807) is 55.6 Å². The van der Waals surface area contributed by atoms with E-state index in [4.69, 9.17) is 18.9 Å². The van der Waals surface area contributed by atoms with Crippen LogP contribution in [0.1, 0.15) is 86.3 Å². The van der Waals surface area contributed by atoms with Crippen LogP contribution in [0.2, 0.25) is 0 Å². The lowest BCUT2D eigenvalue weighted by molar-refractivity contribution is -0.188. The van der Waals surface area contributed by atoms with Gasteiger partial charge in [-0.1, -0.05) is 27.7 Å². The topological polar surface area (TPSA) is 167 Å². The number of sulfonamides is 2. The minimum atomic E-state index is -4.29. The van der Waals surface area contributed by atoms with Crippen molar-refractivity contribution in [1.29, 1.82) is 0 Å². The summed E-state index contributed by atoms with van der Waals surface area (Å²) in [4.78, 5) is 25.8. The van der Waals surface area contributed by atoms with Crippen LogP contribution in [-0.2, 0) is 48.6 Å². The molecule has 0 saturated heterocycles. The van der Waals surface area contributed by atoms with Gasteiger partial charge in [0.05, 0.1) is 5.92 Å². The monoisotopic (exact) mass is 709 g/mol. The second-order valence-electron chi connectivity index (χ2n) is 11.9. The number of ether oxygens (including phenoxy) is 4. The molecule has 0 aromatic carbocycles. The number of hydrogen-bond donors (Lipinski definition) is 1. The third kappa shape index (κ3) is 9.14. The van der Waals surface area contributed by atoms with Crippen molar-refractivity contribution in [3.8, 4) is 0 Å². The zero-order valence-electron chi connectivity index (χ0n) is 28.6. The normalized spacial score (nSPS) is 21.5. The highest BCUT2D eigenvalue weighted by atomic mass is 32.3. The molecule has 1 aliphatic heterocycles. The van der Waals surface area contributed by atoms with Crippen molar-refractivity contribution in [3.63, 3.8) is 0 Å². The highest BCUT2D eigenvalue weighted by molar-refractivity contribution is 7.94. The van der Waals surface area contributed by atoms with Crippen molar-refractivity contribution < 1.29 is 45.4 Å². The molecule has 0 saturated carbocycles. The Hall–Kier alpha value is -1.95. The molecule has 1 aromatic heterocycles. The van der Waals surface area contributed by atoms with Gasteiger partial charge in [-0.2, -0.15) is 17.1 Å². The molecule has 1 N–H and O–H groups in total. The van der Waals surface area contributed by atoms with Gasteiger partial charge in [0.1, 0.15) is 19.6 Å². The molecule has 1 aliphatic rings. The maximum atomic E-state index is 13.4. The van der Waals surface area contributed by atoms with Crippen molar-refractivity contribution in [2.24, 2.45) is 16.2 Å². The Morgan fingerprint density at radius 3 is 2.26 bits per heavy atom. The van der Waals surface area contributed by atoms with Gasteiger partial charge in [0.2, 0.25) is 0 Å². The van der Waals surface area contributed by atoms with Gasteiger partial charge in [-0.15, -0.1) is 11.3 Å². The van der Waals surface area contributed by atoms with E-state index in [0.717, 1.165) is 0 Å². The smallest absolute Gasteiger partial charge is 0.335 e. The number of methoxy groups -OCH3 is 2. The molecule has 2 heterocycles. The van der Waals surface area contributed by atoms with Crippen molar-refractivity contribution in [2.45, 2.75) is 106 Å². The molecule has 2 rings (SSSR count). The van der Waals surface area contributed by atoms with Crippen molar-refractivity contribution in [2.75, 3.05) is 40.5 Å². The standard InChI is InChI=1S/C30H51N3O10S3/c1-11-29(7,42-26(34)21(5)30(8,12-2)43-27(35)22(6)41-10)20(4)18-32-45(36,37)25-17-23-24(31-13-3)19-33(15-14-16-40-9)46(38,39)28(23)44-25/h17-18,20-22,24,31H,11-16,19H2,1-10H3/b32-18+/t20?,21?,22?,24-,29?,30?/m0/s1. The number of likely N-dealkylation sites (N-methyl/N-ethyl adjacent to an activating group) is 1. The average Bonchev–Trinajstić information content (AvgIpc) is 3.49. The number of rotatable bonds is 18. The quantitative estimate of drug-likeness (QED) is 0.133. The summed E-state index contributed by atoms with van der Waals surface area (Å²) in [6.45, 7) is 15.0. The lowest BCUT2D eigenvalue weighted by atomic mass is 9.86. The lowest BCUT2D eigenvalue weighted by Crippen LogP contribution is -2.48. The van der Waals surface area contributed by atoms with Gasteiger partial charge in [-0.05, 0) is 59.6 Å². The number of fused-ring (bicyclic) bond motifs is 1. The van der Waals surface area contributed by atoms with Crippen molar-refractivity contribution >= 4 is 49.5 Å². The molecule has 264 valence electrons. The Bertz CT molecular complexity index is 1450. The van der Waals surface area contributed by atoms with Crippen LogP contribution in [-0.4, -0.2) is 97.1 Å². The van der Waals surface area contributed by atoms with E-state index in [2.05, 4.69) is 9.71 Å². The van der Waals surface area contributed by atoms with Gasteiger partial charge in [0.25, 0.3) is 20.0 Å². The van der Waals surface area contributed by atoms with Crippen molar-refractivity contribution in [3.05, 3.63) is 11.6 Å². The van der Waals surface area contributed by atoms with E-state index in [1.807, 2.05) is 6.92 Å². The SMILES string of the molecule is CCN[C@H]1CN(CCCOC)S(=O)(=O)c2sc(S(=O)(=O)/N=C/C(C)C(C)(CC)OC(=O)C(C)C(C)(CC)OC(=O)C(C)OC)cc21. The number of hydrogen-bond acceptors (Lipinski definition) is 12. The summed E-state index contributed by atoms with van der Waals surface area (Å²) in [7, 11) is -5.28. The first-order valence-electron chi connectivity index (χ1n) is 15.5. The Morgan fingerprint density at radius 1 is 1.11 bits per heavy atom. The molecular formula is C30H51N3O10S3. The van der Waals surface area contributed by atoms with Crippen LogP contribution in [0.15, 0.2) is 18.9 Å². The van der Waals surface area contributed by atoms with Gasteiger partial charge < -0.3 is 24.3 Å². The van der Waals surface area contributed by atoms with E-state index in [9.17, 15) is 26.4 Å². The van der Waals surface area contributed by atoms with E-state index in [1.165, 1.54) is 23.7 Å². The molecule has 16 heteroatoms. The Morgan fingerprint density at radius 2 is 1.72 bits per heavy atom. The zero-order chi connectivity index (χ0) is 35.1. The molecule has 13 nitrogen and oxygen atoms in total. The molecule has 5 unspecified atom stereocenters. The predicted molar refractivity (Wildman–Crippen MR) is 176 cm³/mol. The number of carbonyl (C=O) groups is 2. The van der Waals surface area contributed by atoms with Gasteiger partial charge in [-0.25, -0.2) is 13.2 Å². The second-order valence-corrected chi connectivity index (χ2v) is 17.0. The van der Waals surface area contributed by atoms with E-state index < -0.39 is 61.1 Å². The molecule has 0 spiro atoms. The summed E-state index contributed by atoms with van der Waals surface area (Å²) in [5.74, 6) is -2.72. The van der Waals surface area contributed by atoms with E-state index in [-0.39, 0.29) is 27.5 Å². The molecular weight excluding hydrogens is 659 g/mol. The number of nitrogens with zero attached hydrogens (tertiary/aromatic N) is 2. The van der Waals surface area contributed by atoms with E-state index >= 15 is 0 Å². The first-order valence-corrected chi connectivity index (χ1v) is 19.2. The number of esters is 2. The summed E-state index contributed by atoms with van der Waals surface area (Å²) in [6, 6.07) is 0.997. The fourth-order valence-electron chi connectivity index (χ4n) is 4.78. The first-order chi connectivity index (χ1) is 21.4. The zero-order valence-corrected chi connectivity index (χ0v) is 31.1. The maximum absolute atomic E-state index is 13.4. The second kappa shape index (κ2) is 16.4. The summed E-state index contributed by atoms with van der Waals surface area (Å²) in [6.07, 6.45) is 1.57. The number of thiophene rings is 1. The number of nitrogens with one attached hydrogen (secondary N) is 1. The number of carbonyl (C=O) groups excluding carboxylic acids is 2. The minimum Gasteiger partial charge on any atom is -0.458 e. The minimum absolute atomic E-state index is 0.0233. The molecule has 0 radical (unpaired) electrons. The van der Waals surface area contributed by atoms with Gasteiger partial charge in [0, 0.05) is 57.7 Å². The Kier molecular flexibility index (Phi) is 14.4. The van der Waals surface area contributed by atoms with Gasteiger partial charge in [-0.3, -0.25) is 4.79 Å². The van der Waals surface area contributed by atoms with Crippen LogP contribution >= 0.6 is 11.3 Å². The highest BCUT2D eigenvalue weighted by Gasteiger charge is 2.44. The van der Waals surface area contributed by atoms with Crippen LogP contribution < -0.4 is 5.32 Å². The largest absolute Gasteiger partial charge is 0.458 e.